The summed E-state index contributed by atoms with van der Waals surface area (Å²) in [6.45, 7) is 2.46. The third-order valence-electron chi connectivity index (χ3n) is 3.02. The smallest absolute Gasteiger partial charge is 0.170 e. The zero-order chi connectivity index (χ0) is 14.2. The Morgan fingerprint density at radius 1 is 1.35 bits per heavy atom. The molecule has 0 unspecified atom stereocenters. The van der Waals surface area contributed by atoms with E-state index >= 15 is 0 Å². The highest BCUT2D eigenvalue weighted by atomic mass is 16.4. The summed E-state index contributed by atoms with van der Waals surface area (Å²) in [6, 6.07) is 9.54. The molecule has 1 heterocycles. The molecule has 2 rings (SSSR count). The predicted octanol–water partition coefficient (Wildman–Crippen LogP) is 1.16. The van der Waals surface area contributed by atoms with Crippen LogP contribution in [0.25, 0.3) is 0 Å². The minimum absolute atomic E-state index is 0.138. The quantitative estimate of drug-likeness (QED) is 0.232. The predicted molar refractivity (Wildman–Crippen MR) is 77.5 cm³/mol. The molecule has 0 spiro atoms. The molecule has 0 aliphatic carbocycles. The van der Waals surface area contributed by atoms with Crippen LogP contribution in [0.15, 0.2) is 47.9 Å². The van der Waals surface area contributed by atoms with Gasteiger partial charge in [0.15, 0.2) is 5.84 Å². The van der Waals surface area contributed by atoms with Crippen molar-refractivity contribution in [2.24, 2.45) is 10.9 Å². The zero-order valence-corrected chi connectivity index (χ0v) is 11.2. The van der Waals surface area contributed by atoms with Crippen molar-refractivity contribution in [2.45, 2.75) is 19.5 Å². The van der Waals surface area contributed by atoms with Crippen LogP contribution in [0.2, 0.25) is 0 Å². The number of benzene rings is 1. The Morgan fingerprint density at radius 2 is 2.20 bits per heavy atom. The maximum atomic E-state index is 8.76. The summed E-state index contributed by atoms with van der Waals surface area (Å²) in [7, 11) is 0. The first kappa shape index (κ1) is 14.1. The fourth-order valence-electron chi connectivity index (χ4n) is 2.00. The van der Waals surface area contributed by atoms with Gasteiger partial charge in [-0.05, 0) is 24.6 Å². The van der Waals surface area contributed by atoms with E-state index in [2.05, 4.69) is 15.6 Å². The molecule has 1 aromatic carbocycles. The number of hydrogen-bond donors (Lipinski definition) is 3. The van der Waals surface area contributed by atoms with Crippen molar-refractivity contribution in [3.63, 3.8) is 0 Å². The van der Waals surface area contributed by atoms with E-state index in [1.807, 2.05) is 41.2 Å². The van der Waals surface area contributed by atoms with Crippen LogP contribution in [-0.2, 0) is 13.1 Å². The van der Waals surface area contributed by atoms with Gasteiger partial charge in [0, 0.05) is 31.0 Å². The van der Waals surface area contributed by atoms with Crippen molar-refractivity contribution in [1.82, 2.24) is 15.1 Å². The second-order valence-electron chi connectivity index (χ2n) is 4.44. The number of rotatable bonds is 7. The molecule has 4 N–H and O–H groups in total. The summed E-state index contributed by atoms with van der Waals surface area (Å²) in [5.41, 5.74) is 7.42. The number of oxime groups is 1. The van der Waals surface area contributed by atoms with Gasteiger partial charge in [0.25, 0.3) is 0 Å². The van der Waals surface area contributed by atoms with Crippen molar-refractivity contribution < 1.29 is 5.21 Å². The summed E-state index contributed by atoms with van der Waals surface area (Å²) in [4.78, 5) is 0. The van der Waals surface area contributed by atoms with Crippen LogP contribution in [0.4, 0.5) is 0 Å². The Bertz CT molecular complexity index is 550. The monoisotopic (exact) mass is 273 g/mol. The summed E-state index contributed by atoms with van der Waals surface area (Å²) in [5, 5.41) is 19.3. The summed E-state index contributed by atoms with van der Waals surface area (Å²) in [6.07, 6.45) is 4.72. The summed E-state index contributed by atoms with van der Waals surface area (Å²) < 4.78 is 1.91. The maximum absolute atomic E-state index is 8.76. The molecule has 20 heavy (non-hydrogen) atoms. The molecule has 0 bridgehead atoms. The molecular formula is C14H19N5O. The number of aromatic nitrogens is 2. The van der Waals surface area contributed by atoms with Crippen LogP contribution in [0.5, 0.6) is 0 Å². The maximum Gasteiger partial charge on any atom is 0.170 e. The topological polar surface area (TPSA) is 88.5 Å². The lowest BCUT2D eigenvalue weighted by Gasteiger charge is -2.09. The summed E-state index contributed by atoms with van der Waals surface area (Å²) >= 11 is 0. The average molecular weight is 273 g/mol. The largest absolute Gasteiger partial charge is 0.409 e. The zero-order valence-electron chi connectivity index (χ0n) is 11.2. The Labute approximate surface area is 117 Å². The standard InChI is InChI=1S/C14H19N5O/c15-14(18-20)13-6-2-1-5-12(13)11-16-7-3-9-19-10-4-8-17-19/h1-2,4-6,8,10,16,20H,3,7,9,11H2,(H2,15,18). The lowest BCUT2D eigenvalue weighted by molar-refractivity contribution is 0.318. The second-order valence-corrected chi connectivity index (χ2v) is 4.44. The first-order valence-electron chi connectivity index (χ1n) is 6.55. The number of aryl methyl sites for hydroxylation is 1. The van der Waals surface area contributed by atoms with E-state index in [9.17, 15) is 0 Å². The molecule has 6 heteroatoms. The van der Waals surface area contributed by atoms with E-state index in [1.54, 1.807) is 6.20 Å². The number of nitrogens with two attached hydrogens (primary N) is 1. The van der Waals surface area contributed by atoms with E-state index in [1.165, 1.54) is 0 Å². The van der Waals surface area contributed by atoms with Gasteiger partial charge in [-0.1, -0.05) is 29.4 Å². The van der Waals surface area contributed by atoms with Crippen LogP contribution < -0.4 is 11.1 Å². The minimum atomic E-state index is 0.138. The number of amidine groups is 1. The third kappa shape index (κ3) is 3.83. The molecule has 0 amide bonds. The Kier molecular flexibility index (Phi) is 5.14. The van der Waals surface area contributed by atoms with Gasteiger partial charge in [-0.15, -0.1) is 0 Å². The SMILES string of the molecule is N/C(=N/O)c1ccccc1CNCCCn1cccn1. The van der Waals surface area contributed by atoms with E-state index in [-0.39, 0.29) is 5.84 Å². The van der Waals surface area contributed by atoms with Crippen LogP contribution in [-0.4, -0.2) is 27.4 Å². The minimum Gasteiger partial charge on any atom is -0.409 e. The average Bonchev–Trinajstić information content (AvgIpc) is 3.00. The molecule has 0 aliphatic heterocycles. The molecule has 0 saturated heterocycles. The first-order valence-corrected chi connectivity index (χ1v) is 6.55. The number of nitrogens with one attached hydrogen (secondary N) is 1. The molecule has 0 fully saturated rings. The highest BCUT2D eigenvalue weighted by Crippen LogP contribution is 2.08. The van der Waals surface area contributed by atoms with Gasteiger partial charge in [0.1, 0.15) is 0 Å². The van der Waals surface area contributed by atoms with Gasteiger partial charge in [0.05, 0.1) is 0 Å². The van der Waals surface area contributed by atoms with Gasteiger partial charge < -0.3 is 16.3 Å². The van der Waals surface area contributed by atoms with Crippen molar-refractivity contribution in [2.75, 3.05) is 6.54 Å². The van der Waals surface area contributed by atoms with Crippen molar-refractivity contribution in [3.8, 4) is 0 Å². The Morgan fingerprint density at radius 3 is 2.95 bits per heavy atom. The number of nitrogens with zero attached hydrogens (tertiary/aromatic N) is 3. The molecule has 0 atom stereocenters. The van der Waals surface area contributed by atoms with Crippen LogP contribution in [0, 0.1) is 0 Å². The van der Waals surface area contributed by atoms with E-state index < -0.39 is 0 Å². The van der Waals surface area contributed by atoms with Gasteiger partial charge in [0.2, 0.25) is 0 Å². The van der Waals surface area contributed by atoms with Gasteiger partial charge in [-0.3, -0.25) is 4.68 Å². The molecule has 0 radical (unpaired) electrons. The first-order chi connectivity index (χ1) is 9.81. The van der Waals surface area contributed by atoms with Crippen LogP contribution in [0.1, 0.15) is 17.5 Å². The highest BCUT2D eigenvalue weighted by Gasteiger charge is 2.05. The van der Waals surface area contributed by atoms with Gasteiger partial charge in [-0.25, -0.2) is 0 Å². The number of hydrogen-bond acceptors (Lipinski definition) is 4. The van der Waals surface area contributed by atoms with Crippen molar-refractivity contribution >= 4 is 5.84 Å². The van der Waals surface area contributed by atoms with Crippen molar-refractivity contribution in [1.29, 1.82) is 0 Å². The van der Waals surface area contributed by atoms with E-state index in [4.69, 9.17) is 10.9 Å². The normalized spacial score (nSPS) is 11.7. The van der Waals surface area contributed by atoms with Crippen LogP contribution >= 0.6 is 0 Å². The van der Waals surface area contributed by atoms with Gasteiger partial charge in [-0.2, -0.15) is 5.10 Å². The van der Waals surface area contributed by atoms with Crippen LogP contribution in [0.3, 0.4) is 0 Å². The highest BCUT2D eigenvalue weighted by molar-refractivity contribution is 5.98. The molecule has 106 valence electrons. The van der Waals surface area contributed by atoms with E-state index in [0.717, 1.165) is 30.6 Å². The Balaban J connectivity index is 1.79. The molecule has 0 saturated carbocycles. The molecule has 6 nitrogen and oxygen atoms in total. The fourth-order valence-corrected chi connectivity index (χ4v) is 2.00. The van der Waals surface area contributed by atoms with Gasteiger partial charge >= 0.3 is 0 Å². The molecule has 1 aromatic heterocycles. The van der Waals surface area contributed by atoms with Crippen molar-refractivity contribution in [3.05, 3.63) is 53.9 Å². The molecule has 2 aromatic rings. The second kappa shape index (κ2) is 7.30. The Hall–Kier alpha value is -2.34. The summed E-state index contributed by atoms with van der Waals surface area (Å²) in [5.74, 6) is 0.138. The fraction of sp³-hybridized carbons (Fsp3) is 0.286. The molecule has 0 aliphatic rings. The third-order valence-corrected chi connectivity index (χ3v) is 3.02. The molecular weight excluding hydrogens is 254 g/mol. The van der Waals surface area contributed by atoms with E-state index in [0.29, 0.717) is 6.54 Å². The lowest BCUT2D eigenvalue weighted by Crippen LogP contribution is -2.21. The lowest BCUT2D eigenvalue weighted by atomic mass is 10.1.